The summed E-state index contributed by atoms with van der Waals surface area (Å²) in [6, 6.07) is 0. The molecule has 0 aliphatic carbocycles. The van der Waals surface area contributed by atoms with E-state index in [0.29, 0.717) is 0 Å². The molecule has 4 nitrogen and oxygen atoms in total. The van der Waals surface area contributed by atoms with Gasteiger partial charge in [-0.05, 0) is 0 Å². The van der Waals surface area contributed by atoms with E-state index in [1.54, 1.807) is 0 Å². The molecule has 0 N–H and O–H groups in total. The van der Waals surface area contributed by atoms with E-state index in [0.717, 1.165) is 0 Å². The van der Waals surface area contributed by atoms with Crippen LogP contribution in [0.15, 0.2) is 6.20 Å². The lowest BCUT2D eigenvalue weighted by Crippen LogP contribution is -2.04. The predicted octanol–water partition coefficient (Wildman–Crippen LogP) is 2.21. The molecule has 0 radical (unpaired) electrons. The maximum absolute atomic E-state index is 12.7. The highest BCUT2D eigenvalue weighted by Crippen LogP contribution is 2.29. The smallest absolute Gasteiger partial charge is 0.258 e. The van der Waals surface area contributed by atoms with Crippen molar-refractivity contribution in [1.29, 1.82) is 0 Å². The van der Waals surface area contributed by atoms with E-state index in [-0.39, 0.29) is 6.20 Å². The Morgan fingerprint density at radius 3 is 2.43 bits per heavy atom. The third-order valence-corrected chi connectivity index (χ3v) is 1.37. The van der Waals surface area contributed by atoms with Crippen molar-refractivity contribution in [2.75, 3.05) is 0 Å². The molecular weight excluding hydrogens is 208 g/mol. The largest absolute Gasteiger partial charge is 0.335 e. The minimum absolute atomic E-state index is 0.170. The van der Waals surface area contributed by atoms with Crippen molar-refractivity contribution in [2.24, 2.45) is 0 Å². The Morgan fingerprint density at radius 1 is 1.43 bits per heavy atom. The average molecular weight is 210 g/mol. The highest BCUT2D eigenvalue weighted by atomic mass is 19.3. The predicted molar refractivity (Wildman–Crippen MR) is 35.8 cm³/mol. The number of nitrogens with zero attached hydrogens (tertiary/aromatic N) is 2. The van der Waals surface area contributed by atoms with Crippen molar-refractivity contribution in [3.8, 4) is 0 Å². The molecule has 1 rings (SSSR count). The molecule has 0 spiro atoms. The van der Waals surface area contributed by atoms with E-state index in [2.05, 4.69) is 4.98 Å². The molecule has 0 unspecified atom stereocenters. The van der Waals surface area contributed by atoms with Crippen LogP contribution in [-0.2, 0) is 0 Å². The summed E-state index contributed by atoms with van der Waals surface area (Å²) in [4.78, 5) is 11.4. The fraction of sp³-hybridized carbons (Fsp3) is 0.167. The number of hydrogen-bond acceptors (Lipinski definition) is 3. The summed E-state index contributed by atoms with van der Waals surface area (Å²) in [6.07, 6.45) is -3.16. The van der Waals surface area contributed by atoms with E-state index in [1.807, 2.05) is 0 Å². The minimum Gasteiger partial charge on any atom is -0.258 e. The zero-order valence-corrected chi connectivity index (χ0v) is 6.38. The van der Waals surface area contributed by atoms with Crippen molar-refractivity contribution in [1.82, 2.24) is 4.98 Å². The van der Waals surface area contributed by atoms with E-state index in [4.69, 9.17) is 0 Å². The van der Waals surface area contributed by atoms with Crippen LogP contribution in [0, 0.1) is 21.7 Å². The molecule has 1 aromatic heterocycles. The van der Waals surface area contributed by atoms with Gasteiger partial charge in [-0.1, -0.05) is 0 Å². The van der Waals surface area contributed by atoms with Crippen LogP contribution in [0.3, 0.4) is 0 Å². The molecule has 0 saturated heterocycles. The number of nitro groups is 1. The molecule has 0 fully saturated rings. The maximum Gasteiger partial charge on any atom is 0.335 e. The van der Waals surface area contributed by atoms with Gasteiger partial charge in [0.15, 0.2) is 11.5 Å². The van der Waals surface area contributed by atoms with Gasteiger partial charge in [-0.15, -0.1) is 0 Å². The summed E-state index contributed by atoms with van der Waals surface area (Å²) >= 11 is 0. The Labute approximate surface area is 74.3 Å². The molecule has 0 saturated carbocycles. The molecule has 8 heteroatoms. The maximum atomic E-state index is 12.7. The lowest BCUT2D eigenvalue weighted by atomic mass is 10.3. The van der Waals surface area contributed by atoms with Gasteiger partial charge in [0, 0.05) is 0 Å². The fourth-order valence-electron chi connectivity index (χ4n) is 0.803. The summed E-state index contributed by atoms with van der Waals surface area (Å²) in [6.45, 7) is 0. The van der Waals surface area contributed by atoms with Gasteiger partial charge in [0.05, 0.1) is 11.1 Å². The van der Waals surface area contributed by atoms with Gasteiger partial charge in [0.25, 0.3) is 6.43 Å². The van der Waals surface area contributed by atoms with Gasteiger partial charge < -0.3 is 0 Å². The Morgan fingerprint density at radius 2 is 2.00 bits per heavy atom. The second-order valence-corrected chi connectivity index (χ2v) is 2.21. The molecule has 14 heavy (non-hydrogen) atoms. The number of halogens is 4. The van der Waals surface area contributed by atoms with E-state index in [1.165, 1.54) is 0 Å². The quantitative estimate of drug-likeness (QED) is 0.427. The lowest BCUT2D eigenvalue weighted by molar-refractivity contribution is -0.389. The first kappa shape index (κ1) is 10.4. The zero-order chi connectivity index (χ0) is 10.9. The van der Waals surface area contributed by atoms with Gasteiger partial charge in [-0.2, -0.15) is 4.39 Å². The van der Waals surface area contributed by atoms with Crippen LogP contribution in [-0.4, -0.2) is 9.91 Å². The average Bonchev–Trinajstić information content (AvgIpc) is 2.08. The van der Waals surface area contributed by atoms with E-state index >= 15 is 0 Å². The molecule has 76 valence electrons. The first-order valence-electron chi connectivity index (χ1n) is 3.21. The second-order valence-electron chi connectivity index (χ2n) is 2.21. The second kappa shape index (κ2) is 3.56. The van der Waals surface area contributed by atoms with Crippen LogP contribution in [0.4, 0.5) is 23.2 Å². The van der Waals surface area contributed by atoms with Crippen molar-refractivity contribution in [2.45, 2.75) is 6.43 Å². The van der Waals surface area contributed by atoms with Crippen molar-refractivity contribution < 1.29 is 22.5 Å². The Kier molecular flexibility index (Phi) is 2.63. The van der Waals surface area contributed by atoms with Crippen LogP contribution in [0.25, 0.3) is 0 Å². The van der Waals surface area contributed by atoms with Crippen LogP contribution in [0.1, 0.15) is 12.1 Å². The molecule has 1 heterocycles. The molecule has 0 amide bonds. The summed E-state index contributed by atoms with van der Waals surface area (Å²) in [7, 11) is 0. The van der Waals surface area contributed by atoms with Gasteiger partial charge in [-0.3, -0.25) is 10.1 Å². The number of rotatable bonds is 2. The molecule has 0 bridgehead atoms. The zero-order valence-electron chi connectivity index (χ0n) is 6.38. The minimum atomic E-state index is -3.33. The monoisotopic (exact) mass is 210 g/mol. The van der Waals surface area contributed by atoms with Crippen LogP contribution < -0.4 is 0 Å². The first-order valence-corrected chi connectivity index (χ1v) is 3.21. The standard InChI is InChI=1S/C6H2F4N2O2/c7-2-1-11-4(6(9)10)5(3(2)8)12(13)14/h1,6H. The normalized spacial score (nSPS) is 10.6. The van der Waals surface area contributed by atoms with Crippen LogP contribution in [0.2, 0.25) is 0 Å². The Hall–Kier alpha value is -1.73. The molecule has 1 aromatic rings. The third kappa shape index (κ3) is 1.63. The number of hydrogen-bond donors (Lipinski definition) is 0. The highest BCUT2D eigenvalue weighted by molar-refractivity contribution is 5.37. The number of pyridine rings is 1. The van der Waals surface area contributed by atoms with E-state index in [9.17, 15) is 27.7 Å². The molecule has 0 atom stereocenters. The number of aromatic nitrogens is 1. The topological polar surface area (TPSA) is 56.0 Å². The van der Waals surface area contributed by atoms with Crippen LogP contribution >= 0.6 is 0 Å². The lowest BCUT2D eigenvalue weighted by Gasteiger charge is -2.01. The van der Waals surface area contributed by atoms with Crippen molar-refractivity contribution in [3.63, 3.8) is 0 Å². The van der Waals surface area contributed by atoms with Gasteiger partial charge in [0.1, 0.15) is 0 Å². The molecular formula is C6H2F4N2O2. The summed E-state index contributed by atoms with van der Waals surface area (Å²) < 4.78 is 49.2. The first-order chi connectivity index (χ1) is 6.45. The third-order valence-electron chi connectivity index (χ3n) is 1.37. The summed E-state index contributed by atoms with van der Waals surface area (Å²) in [5.41, 5.74) is -3.01. The van der Waals surface area contributed by atoms with Crippen molar-refractivity contribution >= 4 is 5.69 Å². The van der Waals surface area contributed by atoms with Gasteiger partial charge in [0.2, 0.25) is 5.82 Å². The van der Waals surface area contributed by atoms with Gasteiger partial charge in [-0.25, -0.2) is 18.2 Å². The SMILES string of the molecule is O=[N+]([O-])c1c(C(F)F)ncc(F)c1F. The summed E-state index contributed by atoms with van der Waals surface area (Å²) in [5, 5.41) is 10.1. The summed E-state index contributed by atoms with van der Waals surface area (Å²) in [5.74, 6) is -3.57. The molecule has 0 aliphatic rings. The van der Waals surface area contributed by atoms with Gasteiger partial charge >= 0.3 is 5.69 Å². The van der Waals surface area contributed by atoms with Crippen LogP contribution in [0.5, 0.6) is 0 Å². The molecule has 0 aromatic carbocycles. The fourth-order valence-corrected chi connectivity index (χ4v) is 0.803. The Balaban J connectivity index is 3.45. The Bertz CT molecular complexity index is 382. The van der Waals surface area contributed by atoms with E-state index < -0.39 is 34.4 Å². The highest BCUT2D eigenvalue weighted by Gasteiger charge is 2.30. The molecule has 0 aliphatic heterocycles. The number of alkyl halides is 2. The van der Waals surface area contributed by atoms with Crippen molar-refractivity contribution in [3.05, 3.63) is 33.6 Å².